The number of benzene rings is 2. The number of carbonyl (C=O) groups excluding carboxylic acids is 1. The summed E-state index contributed by atoms with van der Waals surface area (Å²) >= 11 is 0. The Labute approximate surface area is 124 Å². The van der Waals surface area contributed by atoms with Crippen molar-refractivity contribution in [2.75, 3.05) is 12.8 Å². The zero-order valence-electron chi connectivity index (χ0n) is 11.5. The number of hydrogen-bond donors (Lipinski definition) is 1. The minimum Gasteiger partial charge on any atom is -0.497 e. The lowest BCUT2D eigenvalue weighted by molar-refractivity contribution is -0.274. The smallest absolute Gasteiger partial charge is 0.497 e. The van der Waals surface area contributed by atoms with E-state index in [0.29, 0.717) is 5.75 Å². The van der Waals surface area contributed by atoms with Gasteiger partial charge in [0, 0.05) is 16.8 Å². The molecule has 2 aromatic carbocycles. The van der Waals surface area contributed by atoms with Gasteiger partial charge in [0.1, 0.15) is 11.5 Å². The molecule has 0 spiro atoms. The molecule has 0 bridgehead atoms. The van der Waals surface area contributed by atoms with Crippen LogP contribution in [0.5, 0.6) is 11.5 Å². The highest BCUT2D eigenvalue weighted by Crippen LogP contribution is 2.27. The Morgan fingerprint density at radius 3 is 2.18 bits per heavy atom. The normalized spacial score (nSPS) is 11.1. The third kappa shape index (κ3) is 3.69. The molecule has 0 saturated carbocycles. The maximum atomic E-state index is 12.3. The van der Waals surface area contributed by atoms with Gasteiger partial charge in [0.25, 0.3) is 0 Å². The van der Waals surface area contributed by atoms with Crippen molar-refractivity contribution < 1.29 is 27.4 Å². The van der Waals surface area contributed by atoms with Crippen molar-refractivity contribution in [2.24, 2.45) is 0 Å². The molecular weight excluding hydrogens is 299 g/mol. The first-order valence-corrected chi connectivity index (χ1v) is 6.14. The number of hydrogen-bond acceptors (Lipinski definition) is 4. The average Bonchev–Trinajstić information content (AvgIpc) is 2.47. The molecule has 0 saturated heterocycles. The summed E-state index contributed by atoms with van der Waals surface area (Å²) in [6.45, 7) is 0. The van der Waals surface area contributed by atoms with E-state index in [-0.39, 0.29) is 16.8 Å². The first-order chi connectivity index (χ1) is 10.3. The van der Waals surface area contributed by atoms with Gasteiger partial charge in [-0.15, -0.1) is 13.2 Å². The summed E-state index contributed by atoms with van der Waals surface area (Å²) in [5.74, 6) is -0.454. The molecule has 22 heavy (non-hydrogen) atoms. The Morgan fingerprint density at radius 2 is 1.64 bits per heavy atom. The summed E-state index contributed by atoms with van der Waals surface area (Å²) in [5, 5.41) is 0. The molecule has 0 amide bonds. The fraction of sp³-hybridized carbons (Fsp3) is 0.133. The van der Waals surface area contributed by atoms with Gasteiger partial charge in [-0.1, -0.05) is 0 Å². The van der Waals surface area contributed by atoms with Crippen LogP contribution in [0.4, 0.5) is 18.9 Å². The number of methoxy groups -OCH3 is 1. The fourth-order valence-corrected chi connectivity index (χ4v) is 1.83. The largest absolute Gasteiger partial charge is 0.573 e. The standard InChI is InChI=1S/C15H12F3NO3/c1-21-10-4-2-9(3-5-10)14(20)12-8-11(6-7-13(12)19)22-15(16,17)18/h2-8H,19H2,1H3. The molecule has 2 N–H and O–H groups in total. The van der Waals surface area contributed by atoms with Crippen molar-refractivity contribution in [1.82, 2.24) is 0 Å². The number of halogens is 3. The molecule has 0 aromatic heterocycles. The summed E-state index contributed by atoms with van der Waals surface area (Å²) in [7, 11) is 1.48. The predicted molar refractivity (Wildman–Crippen MR) is 74.0 cm³/mol. The number of nitrogens with two attached hydrogens (primary N) is 1. The lowest BCUT2D eigenvalue weighted by Crippen LogP contribution is -2.17. The number of anilines is 1. The highest BCUT2D eigenvalue weighted by Gasteiger charge is 2.31. The van der Waals surface area contributed by atoms with E-state index in [1.54, 1.807) is 12.1 Å². The Kier molecular flexibility index (Phi) is 4.25. The van der Waals surface area contributed by atoms with Gasteiger partial charge >= 0.3 is 6.36 Å². The lowest BCUT2D eigenvalue weighted by atomic mass is 10.0. The molecule has 0 atom stereocenters. The van der Waals surface area contributed by atoms with Gasteiger partial charge in [-0.05, 0) is 42.5 Å². The molecule has 0 heterocycles. The monoisotopic (exact) mass is 311 g/mol. The molecule has 116 valence electrons. The summed E-state index contributed by atoms with van der Waals surface area (Å²) in [6, 6.07) is 9.34. The number of rotatable bonds is 4. The van der Waals surface area contributed by atoms with Crippen LogP contribution in [-0.2, 0) is 0 Å². The third-order valence-corrected chi connectivity index (χ3v) is 2.86. The molecule has 2 aromatic rings. The molecule has 0 fully saturated rings. The van der Waals surface area contributed by atoms with E-state index >= 15 is 0 Å². The average molecular weight is 311 g/mol. The molecule has 7 heteroatoms. The topological polar surface area (TPSA) is 61.5 Å². The minimum atomic E-state index is -4.84. The second-order valence-electron chi connectivity index (χ2n) is 4.35. The van der Waals surface area contributed by atoms with E-state index in [1.165, 1.54) is 25.3 Å². The van der Waals surface area contributed by atoms with Crippen molar-refractivity contribution in [3.8, 4) is 11.5 Å². The summed E-state index contributed by atoms with van der Waals surface area (Å²) in [6.07, 6.45) is -4.84. The predicted octanol–water partition coefficient (Wildman–Crippen LogP) is 3.41. The quantitative estimate of drug-likeness (QED) is 0.694. The Bertz CT molecular complexity index is 681. The highest BCUT2D eigenvalue weighted by atomic mass is 19.4. The van der Waals surface area contributed by atoms with Crippen molar-refractivity contribution in [1.29, 1.82) is 0 Å². The van der Waals surface area contributed by atoms with E-state index in [1.807, 2.05) is 0 Å². The Hall–Kier alpha value is -2.70. The molecule has 0 aliphatic carbocycles. The van der Waals surface area contributed by atoms with E-state index in [0.717, 1.165) is 12.1 Å². The van der Waals surface area contributed by atoms with Crippen LogP contribution in [0, 0.1) is 0 Å². The van der Waals surface area contributed by atoms with Gasteiger partial charge in [-0.25, -0.2) is 0 Å². The van der Waals surface area contributed by atoms with Gasteiger partial charge < -0.3 is 15.2 Å². The van der Waals surface area contributed by atoms with Crippen LogP contribution < -0.4 is 15.2 Å². The van der Waals surface area contributed by atoms with Gasteiger partial charge in [-0.3, -0.25) is 4.79 Å². The molecule has 0 aliphatic rings. The zero-order chi connectivity index (χ0) is 16.3. The summed E-state index contributed by atoms with van der Waals surface area (Å²) in [4.78, 5) is 12.3. The van der Waals surface area contributed by atoms with Crippen molar-refractivity contribution >= 4 is 11.5 Å². The first kappa shape index (κ1) is 15.7. The van der Waals surface area contributed by atoms with E-state index in [2.05, 4.69) is 4.74 Å². The number of carbonyl (C=O) groups is 1. The molecule has 2 rings (SSSR count). The molecule has 4 nitrogen and oxygen atoms in total. The van der Waals surface area contributed by atoms with Crippen LogP contribution in [0.25, 0.3) is 0 Å². The maximum Gasteiger partial charge on any atom is 0.573 e. The van der Waals surface area contributed by atoms with E-state index < -0.39 is 17.9 Å². The van der Waals surface area contributed by atoms with Gasteiger partial charge in [0.15, 0.2) is 5.78 Å². The van der Waals surface area contributed by atoms with Crippen LogP contribution in [0.2, 0.25) is 0 Å². The van der Waals surface area contributed by atoms with Gasteiger partial charge in [-0.2, -0.15) is 0 Å². The van der Waals surface area contributed by atoms with E-state index in [9.17, 15) is 18.0 Å². The minimum absolute atomic E-state index is 0.0630. The number of alkyl halides is 3. The highest BCUT2D eigenvalue weighted by molar-refractivity contribution is 6.12. The maximum absolute atomic E-state index is 12.3. The molecule has 0 radical (unpaired) electrons. The SMILES string of the molecule is COc1ccc(C(=O)c2cc(OC(F)(F)F)ccc2N)cc1. The van der Waals surface area contributed by atoms with Gasteiger partial charge in [0.05, 0.1) is 7.11 Å². The first-order valence-electron chi connectivity index (χ1n) is 6.14. The van der Waals surface area contributed by atoms with Crippen molar-refractivity contribution in [3.05, 3.63) is 53.6 Å². The van der Waals surface area contributed by atoms with Crippen LogP contribution in [0.1, 0.15) is 15.9 Å². The molecular formula is C15H12F3NO3. The van der Waals surface area contributed by atoms with Crippen LogP contribution in [-0.4, -0.2) is 19.3 Å². The number of nitrogen functional groups attached to an aromatic ring is 1. The summed E-state index contributed by atoms with van der Waals surface area (Å²) < 4.78 is 45.4. The lowest BCUT2D eigenvalue weighted by Gasteiger charge is -2.11. The number of ketones is 1. The third-order valence-electron chi connectivity index (χ3n) is 2.86. The van der Waals surface area contributed by atoms with Gasteiger partial charge in [0.2, 0.25) is 0 Å². The van der Waals surface area contributed by atoms with E-state index in [4.69, 9.17) is 10.5 Å². The summed E-state index contributed by atoms with van der Waals surface area (Å²) in [5.41, 5.74) is 5.94. The number of ether oxygens (including phenoxy) is 2. The Balaban J connectivity index is 2.33. The van der Waals surface area contributed by atoms with Crippen molar-refractivity contribution in [2.45, 2.75) is 6.36 Å². The Morgan fingerprint density at radius 1 is 1.05 bits per heavy atom. The molecule has 0 unspecified atom stereocenters. The zero-order valence-corrected chi connectivity index (χ0v) is 11.5. The second-order valence-corrected chi connectivity index (χ2v) is 4.35. The van der Waals surface area contributed by atoms with Crippen LogP contribution >= 0.6 is 0 Å². The fourth-order valence-electron chi connectivity index (χ4n) is 1.83. The molecule has 0 aliphatic heterocycles. The van der Waals surface area contributed by atoms with Crippen molar-refractivity contribution in [3.63, 3.8) is 0 Å². The second kappa shape index (κ2) is 5.97. The van der Waals surface area contributed by atoms with Crippen LogP contribution in [0.15, 0.2) is 42.5 Å². The van der Waals surface area contributed by atoms with Crippen LogP contribution in [0.3, 0.4) is 0 Å².